The maximum Gasteiger partial charge on any atom is 0.331 e. The van der Waals surface area contributed by atoms with Gasteiger partial charge in [0.25, 0.3) is 0 Å². The molecule has 7 N–H and O–H groups in total. The van der Waals surface area contributed by atoms with Crippen LogP contribution < -0.4 is 4.74 Å². The average molecular weight is 523 g/mol. The third kappa shape index (κ3) is 4.53. The van der Waals surface area contributed by atoms with Gasteiger partial charge in [-0.05, 0) is 32.8 Å². The Labute approximate surface area is 213 Å². The first-order valence-corrected chi connectivity index (χ1v) is 12.3. The van der Waals surface area contributed by atoms with Crippen LogP contribution in [0.2, 0.25) is 0 Å². The summed E-state index contributed by atoms with van der Waals surface area (Å²) in [5.41, 5.74) is 0.550. The van der Waals surface area contributed by atoms with Crippen LogP contribution in [0.25, 0.3) is 0 Å². The number of carboxylic acids is 1. The minimum atomic E-state index is -1.75. The minimum Gasteiger partial charge on any atom is -0.504 e. The first kappa shape index (κ1) is 27.5. The highest BCUT2D eigenvalue weighted by molar-refractivity contribution is 6.03. The molecule has 0 radical (unpaired) electrons. The topological polar surface area (TPSA) is 194 Å². The second kappa shape index (κ2) is 9.97. The fourth-order valence-corrected chi connectivity index (χ4v) is 6.01. The van der Waals surface area contributed by atoms with Crippen LogP contribution in [0.3, 0.4) is 0 Å². The van der Waals surface area contributed by atoms with Crippen LogP contribution in [0.1, 0.15) is 61.5 Å². The molecule has 2 aliphatic carbocycles. The Bertz CT molecular complexity index is 1120. The first-order chi connectivity index (χ1) is 17.3. The molecule has 8 atom stereocenters. The number of aliphatic carboxylic acids is 1. The number of aliphatic hydroxyl groups excluding tert-OH is 5. The van der Waals surface area contributed by atoms with Crippen molar-refractivity contribution in [3.05, 3.63) is 33.9 Å². The van der Waals surface area contributed by atoms with E-state index in [2.05, 4.69) is 0 Å². The molecule has 1 aromatic carbocycles. The summed E-state index contributed by atoms with van der Waals surface area (Å²) >= 11 is 0. The van der Waals surface area contributed by atoms with Gasteiger partial charge < -0.3 is 45.2 Å². The minimum absolute atomic E-state index is 0.0413. The van der Waals surface area contributed by atoms with Crippen molar-refractivity contribution in [2.45, 2.75) is 88.7 Å². The van der Waals surface area contributed by atoms with Gasteiger partial charge in [-0.1, -0.05) is 12.5 Å². The third-order valence-corrected chi connectivity index (χ3v) is 8.02. The van der Waals surface area contributed by atoms with Crippen LogP contribution in [0.5, 0.6) is 11.5 Å². The average Bonchev–Trinajstić information content (AvgIpc) is 2.82. The van der Waals surface area contributed by atoms with Crippen molar-refractivity contribution in [3.63, 3.8) is 0 Å². The summed E-state index contributed by atoms with van der Waals surface area (Å²) in [6, 6.07) is 1.50. The lowest BCUT2D eigenvalue weighted by atomic mass is 9.56. The lowest BCUT2D eigenvalue weighted by molar-refractivity contribution is -0.277. The fourth-order valence-electron chi connectivity index (χ4n) is 6.01. The highest BCUT2D eigenvalue weighted by atomic mass is 16.7. The first-order valence-electron chi connectivity index (χ1n) is 12.3. The number of aromatic hydroxyl groups is 1. The molecule has 1 heterocycles. The molecule has 4 rings (SSSR count). The molecule has 204 valence electrons. The maximum absolute atomic E-state index is 13.3. The Balaban J connectivity index is 1.86. The third-order valence-electron chi connectivity index (χ3n) is 8.02. The van der Waals surface area contributed by atoms with E-state index in [4.69, 9.17) is 9.47 Å². The van der Waals surface area contributed by atoms with Crippen LogP contribution in [-0.4, -0.2) is 90.9 Å². The molecule has 11 heteroatoms. The second-order valence-corrected chi connectivity index (χ2v) is 10.6. The molecule has 1 aromatic rings. The number of hydrogen-bond donors (Lipinski definition) is 7. The van der Waals surface area contributed by atoms with Crippen LogP contribution in [0, 0.1) is 5.92 Å². The van der Waals surface area contributed by atoms with E-state index < -0.39 is 66.5 Å². The monoisotopic (exact) mass is 522 g/mol. The van der Waals surface area contributed by atoms with Gasteiger partial charge in [-0.15, -0.1) is 0 Å². The van der Waals surface area contributed by atoms with Crippen LogP contribution >= 0.6 is 0 Å². The number of aliphatic hydroxyl groups is 5. The summed E-state index contributed by atoms with van der Waals surface area (Å²) in [4.78, 5) is 25.4. The van der Waals surface area contributed by atoms with Gasteiger partial charge in [0, 0.05) is 46.4 Å². The van der Waals surface area contributed by atoms with E-state index >= 15 is 0 Å². The molecule has 1 fully saturated rings. The summed E-state index contributed by atoms with van der Waals surface area (Å²) < 4.78 is 11.3. The number of carbonyl (C=O) groups excluding carboxylic acids is 1. The van der Waals surface area contributed by atoms with Gasteiger partial charge in [-0.2, -0.15) is 0 Å². The lowest BCUT2D eigenvalue weighted by Gasteiger charge is -2.47. The molecule has 0 saturated carbocycles. The summed E-state index contributed by atoms with van der Waals surface area (Å²) in [6.07, 6.45) is -8.05. The van der Waals surface area contributed by atoms with E-state index in [9.17, 15) is 45.3 Å². The number of ketones is 1. The number of Topliss-reactive ketones (excluding diaryl/α,β-unsaturated/α-hetero) is 1. The van der Waals surface area contributed by atoms with E-state index in [-0.39, 0.29) is 46.6 Å². The van der Waals surface area contributed by atoms with Crippen LogP contribution in [0.4, 0.5) is 0 Å². The molecule has 1 saturated heterocycles. The van der Waals surface area contributed by atoms with E-state index in [1.54, 1.807) is 13.8 Å². The number of rotatable bonds is 6. The van der Waals surface area contributed by atoms with Crippen molar-refractivity contribution in [1.29, 1.82) is 0 Å². The molecule has 3 aliphatic rings. The molecule has 0 unspecified atom stereocenters. The number of hydrogen-bond acceptors (Lipinski definition) is 10. The van der Waals surface area contributed by atoms with Gasteiger partial charge in [-0.25, -0.2) is 4.79 Å². The Kier molecular flexibility index (Phi) is 7.41. The number of carbonyl (C=O) groups is 2. The van der Waals surface area contributed by atoms with Crippen molar-refractivity contribution in [1.82, 2.24) is 0 Å². The highest BCUT2D eigenvalue weighted by Crippen LogP contribution is 2.56. The molecule has 0 amide bonds. The molecule has 0 spiro atoms. The zero-order valence-electron chi connectivity index (χ0n) is 20.9. The summed E-state index contributed by atoms with van der Waals surface area (Å²) in [5, 5.41) is 71.9. The van der Waals surface area contributed by atoms with Gasteiger partial charge in [0.1, 0.15) is 24.4 Å². The Morgan fingerprint density at radius 2 is 1.92 bits per heavy atom. The Morgan fingerprint density at radius 3 is 2.51 bits per heavy atom. The van der Waals surface area contributed by atoms with E-state index in [0.29, 0.717) is 18.4 Å². The van der Waals surface area contributed by atoms with Crippen molar-refractivity contribution in [3.8, 4) is 11.5 Å². The largest absolute Gasteiger partial charge is 0.504 e. The van der Waals surface area contributed by atoms with Gasteiger partial charge >= 0.3 is 5.97 Å². The number of allylic oxidation sites excluding steroid dienone is 1. The van der Waals surface area contributed by atoms with Gasteiger partial charge in [0.2, 0.25) is 6.29 Å². The smallest absolute Gasteiger partial charge is 0.331 e. The number of carboxylic acid groups (broad SMARTS) is 1. The molecular weight excluding hydrogens is 488 g/mol. The highest BCUT2D eigenvalue weighted by Gasteiger charge is 2.52. The molecule has 37 heavy (non-hydrogen) atoms. The molecule has 1 aliphatic heterocycles. The summed E-state index contributed by atoms with van der Waals surface area (Å²) in [5.74, 6) is -2.82. The van der Waals surface area contributed by atoms with Gasteiger partial charge in [0.05, 0.1) is 12.7 Å². The fraction of sp³-hybridized carbons (Fsp3) is 0.615. The van der Waals surface area contributed by atoms with Crippen LogP contribution in [0.15, 0.2) is 17.2 Å². The zero-order valence-corrected chi connectivity index (χ0v) is 20.9. The number of phenolic OH excluding ortho intramolecular Hbond substituents is 1. The van der Waals surface area contributed by atoms with Crippen molar-refractivity contribution < 1.29 is 54.8 Å². The Morgan fingerprint density at radius 1 is 1.24 bits per heavy atom. The second-order valence-electron chi connectivity index (χ2n) is 10.6. The zero-order chi connectivity index (χ0) is 27.4. The van der Waals surface area contributed by atoms with Crippen molar-refractivity contribution >= 4 is 11.8 Å². The molecular formula is C26H34O11. The number of phenols is 1. The van der Waals surface area contributed by atoms with E-state index in [1.807, 2.05) is 0 Å². The maximum atomic E-state index is 13.3. The molecule has 0 bridgehead atoms. The predicted octanol–water partition coefficient (Wildman–Crippen LogP) is 0.149. The quantitative estimate of drug-likeness (QED) is 0.269. The standard InChI is InChI=1S/C26H34O11/c1-10-4-5-26(3)14(17(10)24(34)35)8-15(29)13-7-12(6-11(2)28)23(20(31)18(13)26)37-25-22(33)21(32)19(30)16(9-27)36-25/h7,11,14,16,19,21-22,25,27-28,30-33H,4-6,8-9H2,1-3H3,(H,34,35)/t11-,14-,16+,19+,21-,22+,25-,26-/m0/s1. The van der Waals surface area contributed by atoms with Gasteiger partial charge in [0.15, 0.2) is 17.3 Å². The lowest BCUT2D eigenvalue weighted by Crippen LogP contribution is -2.60. The van der Waals surface area contributed by atoms with Crippen molar-refractivity contribution in [2.24, 2.45) is 5.92 Å². The summed E-state index contributed by atoms with van der Waals surface area (Å²) in [6.45, 7) is 4.34. The van der Waals surface area contributed by atoms with Gasteiger partial charge in [-0.3, -0.25) is 4.79 Å². The van der Waals surface area contributed by atoms with Crippen molar-refractivity contribution in [2.75, 3.05) is 6.61 Å². The van der Waals surface area contributed by atoms with E-state index in [1.165, 1.54) is 13.0 Å². The number of ether oxygens (including phenoxy) is 2. The SMILES string of the molecule is CC1=C(C(=O)O)[C@@H]2CC(=O)c3cc(C[C@H](C)O)c(O[C@@H]4O[C@H](CO)[C@@H](O)[C@H](O)[C@H]4O)c(O)c3[C@@]2(C)CC1. The number of fused-ring (bicyclic) bond motifs is 3. The number of benzene rings is 1. The predicted molar refractivity (Wildman–Crippen MR) is 127 cm³/mol. The normalized spacial score (nSPS) is 34.5. The van der Waals surface area contributed by atoms with E-state index in [0.717, 1.165) is 0 Å². The molecule has 0 aromatic heterocycles. The Hall–Kier alpha value is -2.54. The van der Waals surface area contributed by atoms with Crippen LogP contribution in [-0.2, 0) is 21.4 Å². The summed E-state index contributed by atoms with van der Waals surface area (Å²) in [7, 11) is 0. The molecule has 11 nitrogen and oxygen atoms in total.